The van der Waals surface area contributed by atoms with Crippen LogP contribution in [0.2, 0.25) is 0 Å². The highest BCUT2D eigenvalue weighted by molar-refractivity contribution is 5.45. The first-order chi connectivity index (χ1) is 8.60. The number of nitrogens with one attached hydrogen (secondary N) is 1. The van der Waals surface area contributed by atoms with E-state index in [1.54, 1.807) is 6.07 Å². The molecule has 0 amide bonds. The van der Waals surface area contributed by atoms with Crippen molar-refractivity contribution in [1.82, 2.24) is 9.78 Å². The van der Waals surface area contributed by atoms with E-state index in [1.165, 1.54) is 0 Å². The Morgan fingerprint density at radius 3 is 2.67 bits per heavy atom. The van der Waals surface area contributed by atoms with Crippen molar-refractivity contribution in [3.63, 3.8) is 0 Å². The van der Waals surface area contributed by atoms with Crippen LogP contribution in [0.3, 0.4) is 0 Å². The van der Waals surface area contributed by atoms with E-state index in [-0.39, 0.29) is 6.61 Å². The second-order valence-electron chi connectivity index (χ2n) is 4.58. The van der Waals surface area contributed by atoms with Crippen LogP contribution in [0, 0.1) is 6.92 Å². The van der Waals surface area contributed by atoms with Crippen molar-refractivity contribution in [2.75, 3.05) is 5.32 Å². The van der Waals surface area contributed by atoms with Crippen LogP contribution < -0.4 is 5.32 Å². The van der Waals surface area contributed by atoms with Gasteiger partial charge in [-0.05, 0) is 32.9 Å². The number of hydrogen-bond acceptors (Lipinski definition) is 4. The van der Waals surface area contributed by atoms with Gasteiger partial charge in [-0.1, -0.05) is 0 Å². The Hall–Kier alpha value is -1.75. The van der Waals surface area contributed by atoms with E-state index >= 15 is 0 Å². The Labute approximate surface area is 106 Å². The maximum atomic E-state index is 8.92. The number of nitrogens with zero attached hydrogens (tertiary/aromatic N) is 2. The molecule has 2 aromatic heterocycles. The van der Waals surface area contributed by atoms with Crippen molar-refractivity contribution in [3.8, 4) is 0 Å². The molecule has 2 heterocycles. The minimum atomic E-state index is -0.0652. The molecule has 2 aromatic rings. The summed E-state index contributed by atoms with van der Waals surface area (Å²) in [6.45, 7) is 6.68. The summed E-state index contributed by atoms with van der Waals surface area (Å²) in [6.07, 6.45) is 2.00. The highest BCUT2D eigenvalue weighted by Crippen LogP contribution is 2.17. The SMILES string of the molecule is Cc1nn(C(C)C)cc1NCc1ccc(CO)o1. The van der Waals surface area contributed by atoms with Gasteiger partial charge < -0.3 is 14.8 Å². The number of aliphatic hydroxyl groups is 1. The van der Waals surface area contributed by atoms with E-state index in [1.807, 2.05) is 23.9 Å². The van der Waals surface area contributed by atoms with Crippen molar-refractivity contribution in [2.24, 2.45) is 0 Å². The van der Waals surface area contributed by atoms with E-state index in [2.05, 4.69) is 24.3 Å². The first-order valence-corrected chi connectivity index (χ1v) is 6.08. The molecule has 2 rings (SSSR count). The second-order valence-corrected chi connectivity index (χ2v) is 4.58. The lowest BCUT2D eigenvalue weighted by molar-refractivity contribution is 0.244. The highest BCUT2D eigenvalue weighted by Gasteiger charge is 2.07. The largest absolute Gasteiger partial charge is 0.462 e. The molecule has 0 spiro atoms. The molecule has 0 unspecified atom stereocenters. The number of furan rings is 1. The van der Waals surface area contributed by atoms with Crippen LogP contribution >= 0.6 is 0 Å². The zero-order valence-corrected chi connectivity index (χ0v) is 11.0. The molecule has 0 bridgehead atoms. The van der Waals surface area contributed by atoms with Gasteiger partial charge in [0.05, 0.1) is 17.9 Å². The lowest BCUT2D eigenvalue weighted by Gasteiger charge is -2.03. The molecule has 0 radical (unpaired) electrons. The molecule has 0 aliphatic heterocycles. The van der Waals surface area contributed by atoms with Crippen molar-refractivity contribution in [2.45, 2.75) is 40.0 Å². The van der Waals surface area contributed by atoms with Gasteiger partial charge in [-0.3, -0.25) is 4.68 Å². The number of hydrogen-bond donors (Lipinski definition) is 2. The molecule has 5 heteroatoms. The number of aromatic nitrogens is 2. The minimum absolute atomic E-state index is 0.0652. The van der Waals surface area contributed by atoms with Gasteiger partial charge in [0.1, 0.15) is 18.1 Å². The molecule has 98 valence electrons. The van der Waals surface area contributed by atoms with E-state index in [9.17, 15) is 0 Å². The first kappa shape index (κ1) is 12.7. The quantitative estimate of drug-likeness (QED) is 0.854. The van der Waals surface area contributed by atoms with Gasteiger partial charge in [0, 0.05) is 12.2 Å². The molecule has 0 aliphatic carbocycles. The normalized spacial score (nSPS) is 11.2. The predicted octanol–water partition coefficient (Wildman–Crippen LogP) is 2.47. The van der Waals surface area contributed by atoms with E-state index in [0.29, 0.717) is 18.3 Å². The Morgan fingerprint density at radius 1 is 1.39 bits per heavy atom. The summed E-state index contributed by atoms with van der Waals surface area (Å²) in [4.78, 5) is 0. The van der Waals surface area contributed by atoms with Gasteiger partial charge >= 0.3 is 0 Å². The maximum Gasteiger partial charge on any atom is 0.129 e. The Balaban J connectivity index is 2.01. The second kappa shape index (κ2) is 5.27. The highest BCUT2D eigenvalue weighted by atomic mass is 16.4. The van der Waals surface area contributed by atoms with Crippen LogP contribution in [0.25, 0.3) is 0 Å². The molecule has 0 atom stereocenters. The number of anilines is 1. The Kier molecular flexibility index (Phi) is 3.72. The van der Waals surface area contributed by atoms with E-state index in [0.717, 1.165) is 17.1 Å². The molecule has 18 heavy (non-hydrogen) atoms. The molecule has 0 aliphatic rings. The van der Waals surface area contributed by atoms with Crippen LogP contribution in [-0.4, -0.2) is 14.9 Å². The molecule has 0 aromatic carbocycles. The molecule has 0 saturated heterocycles. The van der Waals surface area contributed by atoms with Crippen LogP contribution in [0.15, 0.2) is 22.7 Å². The summed E-state index contributed by atoms with van der Waals surface area (Å²) in [7, 11) is 0. The van der Waals surface area contributed by atoms with E-state index < -0.39 is 0 Å². The summed E-state index contributed by atoms with van der Waals surface area (Å²) in [6, 6.07) is 3.99. The Bertz CT molecular complexity index is 514. The van der Waals surface area contributed by atoms with Crippen molar-refractivity contribution >= 4 is 5.69 Å². The standard InChI is InChI=1S/C13H19N3O2/c1-9(2)16-7-13(10(3)15-16)14-6-11-4-5-12(8-17)18-11/h4-5,7,9,14,17H,6,8H2,1-3H3. The van der Waals surface area contributed by atoms with E-state index in [4.69, 9.17) is 9.52 Å². The minimum Gasteiger partial charge on any atom is -0.462 e. The lowest BCUT2D eigenvalue weighted by Crippen LogP contribution is -2.00. The van der Waals surface area contributed by atoms with Gasteiger partial charge in [-0.2, -0.15) is 5.10 Å². The molecule has 0 fully saturated rings. The van der Waals surface area contributed by atoms with Gasteiger partial charge in [-0.15, -0.1) is 0 Å². The summed E-state index contributed by atoms with van der Waals surface area (Å²) >= 11 is 0. The fourth-order valence-electron chi connectivity index (χ4n) is 1.70. The van der Waals surface area contributed by atoms with Crippen LogP contribution in [0.1, 0.15) is 37.1 Å². The third-order valence-corrected chi connectivity index (χ3v) is 2.77. The third-order valence-electron chi connectivity index (χ3n) is 2.77. The van der Waals surface area contributed by atoms with Crippen molar-refractivity contribution < 1.29 is 9.52 Å². The fraction of sp³-hybridized carbons (Fsp3) is 0.462. The summed E-state index contributed by atoms with van der Waals surface area (Å²) in [5.41, 5.74) is 1.98. The van der Waals surface area contributed by atoms with Crippen LogP contribution in [0.5, 0.6) is 0 Å². The van der Waals surface area contributed by atoms with Crippen LogP contribution in [0.4, 0.5) is 5.69 Å². The maximum absolute atomic E-state index is 8.92. The zero-order valence-electron chi connectivity index (χ0n) is 11.0. The van der Waals surface area contributed by atoms with Gasteiger partial charge in [0.15, 0.2) is 0 Å². The summed E-state index contributed by atoms with van der Waals surface area (Å²) in [5, 5.41) is 16.6. The molecule has 2 N–H and O–H groups in total. The number of rotatable bonds is 5. The first-order valence-electron chi connectivity index (χ1n) is 6.08. The van der Waals surface area contributed by atoms with Crippen molar-refractivity contribution in [3.05, 3.63) is 35.5 Å². The fourth-order valence-corrected chi connectivity index (χ4v) is 1.70. The average Bonchev–Trinajstić information content (AvgIpc) is 2.93. The van der Waals surface area contributed by atoms with Gasteiger partial charge in [0.2, 0.25) is 0 Å². The number of aryl methyl sites for hydroxylation is 1. The lowest BCUT2D eigenvalue weighted by atomic mass is 10.3. The predicted molar refractivity (Wildman–Crippen MR) is 69.3 cm³/mol. The molecule has 0 saturated carbocycles. The smallest absolute Gasteiger partial charge is 0.129 e. The monoisotopic (exact) mass is 249 g/mol. The van der Waals surface area contributed by atoms with Crippen molar-refractivity contribution in [1.29, 1.82) is 0 Å². The molecule has 5 nitrogen and oxygen atoms in total. The van der Waals surface area contributed by atoms with Gasteiger partial charge in [0.25, 0.3) is 0 Å². The Morgan fingerprint density at radius 2 is 2.11 bits per heavy atom. The third kappa shape index (κ3) is 2.73. The van der Waals surface area contributed by atoms with Gasteiger partial charge in [-0.25, -0.2) is 0 Å². The molecular weight excluding hydrogens is 230 g/mol. The topological polar surface area (TPSA) is 63.2 Å². The average molecular weight is 249 g/mol. The summed E-state index contributed by atoms with van der Waals surface area (Å²) in [5.74, 6) is 1.39. The zero-order chi connectivity index (χ0) is 13.1. The molecular formula is C13H19N3O2. The number of aliphatic hydroxyl groups excluding tert-OH is 1. The van der Waals surface area contributed by atoms with Crippen LogP contribution in [-0.2, 0) is 13.2 Å². The summed E-state index contributed by atoms with van der Waals surface area (Å²) < 4.78 is 7.34.